The zero-order valence-corrected chi connectivity index (χ0v) is 13.5. The average Bonchev–Trinajstić information content (AvgIpc) is 3.01. The number of nitrogens with two attached hydrogens (primary N) is 1. The van der Waals surface area contributed by atoms with E-state index >= 15 is 0 Å². The highest BCUT2D eigenvalue weighted by Crippen LogP contribution is 2.09. The molecule has 0 unspecified atom stereocenters. The van der Waals surface area contributed by atoms with Crippen LogP contribution in [0.2, 0.25) is 0 Å². The summed E-state index contributed by atoms with van der Waals surface area (Å²) in [7, 11) is 0. The van der Waals surface area contributed by atoms with Crippen molar-refractivity contribution in [3.63, 3.8) is 0 Å². The van der Waals surface area contributed by atoms with Crippen LogP contribution in [0.5, 0.6) is 0 Å². The molecule has 3 rings (SSSR count). The first kappa shape index (κ1) is 15.8. The minimum absolute atomic E-state index is 0.250. The summed E-state index contributed by atoms with van der Waals surface area (Å²) < 4.78 is 14.9. The molecular weight excluding hydrogens is 315 g/mol. The lowest BCUT2D eigenvalue weighted by molar-refractivity contribution is 0.455. The second kappa shape index (κ2) is 7.45. The third kappa shape index (κ3) is 4.44. The van der Waals surface area contributed by atoms with Gasteiger partial charge in [0, 0.05) is 24.6 Å². The molecule has 1 fully saturated rings. The first-order valence-corrected chi connectivity index (χ1v) is 8.61. The molecule has 8 heteroatoms. The number of aliphatic imine (C=N–C) groups is 1. The zero-order valence-electron chi connectivity index (χ0n) is 12.7. The van der Waals surface area contributed by atoms with Crippen molar-refractivity contribution >= 4 is 17.7 Å². The third-order valence-electron chi connectivity index (χ3n) is 3.54. The number of nitrogens with zero attached hydrogens (tertiary/aromatic N) is 5. The van der Waals surface area contributed by atoms with Gasteiger partial charge in [0.25, 0.3) is 0 Å². The molecule has 23 heavy (non-hydrogen) atoms. The molecule has 1 aliphatic rings. The van der Waals surface area contributed by atoms with Gasteiger partial charge in [-0.15, -0.1) is 0 Å². The van der Waals surface area contributed by atoms with Crippen LogP contribution < -0.4 is 5.73 Å². The number of hydrogen-bond donors (Lipinski definition) is 1. The molecular formula is C15H19FN6S. The fraction of sp³-hybridized carbons (Fsp3) is 0.400. The van der Waals surface area contributed by atoms with Crippen molar-refractivity contribution in [2.75, 3.05) is 24.6 Å². The van der Waals surface area contributed by atoms with Crippen LogP contribution in [-0.2, 0) is 13.1 Å². The molecule has 1 aromatic heterocycles. The molecule has 0 amide bonds. The van der Waals surface area contributed by atoms with Crippen molar-refractivity contribution in [1.82, 2.24) is 19.7 Å². The number of halogens is 1. The van der Waals surface area contributed by atoms with Crippen molar-refractivity contribution < 1.29 is 4.39 Å². The maximum atomic E-state index is 13.2. The molecule has 0 saturated carbocycles. The Labute approximate surface area is 138 Å². The number of hydrogen-bond acceptors (Lipinski definition) is 4. The summed E-state index contributed by atoms with van der Waals surface area (Å²) in [5.74, 6) is 3.07. The Morgan fingerprint density at radius 1 is 1.35 bits per heavy atom. The monoisotopic (exact) mass is 334 g/mol. The van der Waals surface area contributed by atoms with Gasteiger partial charge >= 0.3 is 0 Å². The van der Waals surface area contributed by atoms with Gasteiger partial charge in [0.2, 0.25) is 0 Å². The van der Waals surface area contributed by atoms with Crippen LogP contribution in [-0.4, -0.2) is 50.2 Å². The van der Waals surface area contributed by atoms with E-state index in [1.807, 2.05) is 17.8 Å². The summed E-state index contributed by atoms with van der Waals surface area (Å²) in [5.41, 5.74) is 6.85. The highest BCUT2D eigenvalue weighted by atomic mass is 32.2. The lowest BCUT2D eigenvalue weighted by Gasteiger charge is -2.27. The van der Waals surface area contributed by atoms with Gasteiger partial charge in [-0.25, -0.2) is 19.0 Å². The Kier molecular flexibility index (Phi) is 5.12. The summed E-state index contributed by atoms with van der Waals surface area (Å²) in [5, 5.41) is 4.35. The molecule has 0 radical (unpaired) electrons. The van der Waals surface area contributed by atoms with Crippen LogP contribution in [0.1, 0.15) is 11.4 Å². The normalized spacial score (nSPS) is 15.9. The number of rotatable bonds is 4. The Hall–Kier alpha value is -2.09. The largest absolute Gasteiger partial charge is 0.370 e. The van der Waals surface area contributed by atoms with Crippen LogP contribution in [0.15, 0.2) is 35.6 Å². The predicted octanol–water partition coefficient (Wildman–Crippen LogP) is 1.33. The smallest absolute Gasteiger partial charge is 0.191 e. The minimum atomic E-state index is -0.250. The van der Waals surface area contributed by atoms with Crippen LogP contribution in [0.3, 0.4) is 0 Å². The molecule has 122 valence electrons. The Balaban J connectivity index is 1.58. The van der Waals surface area contributed by atoms with E-state index in [9.17, 15) is 4.39 Å². The molecule has 2 N–H and O–H groups in total. The minimum Gasteiger partial charge on any atom is -0.370 e. The number of guanidine groups is 1. The third-order valence-corrected chi connectivity index (χ3v) is 4.48. The van der Waals surface area contributed by atoms with E-state index < -0.39 is 0 Å². The highest BCUT2D eigenvalue weighted by molar-refractivity contribution is 7.99. The van der Waals surface area contributed by atoms with Crippen molar-refractivity contribution in [2.24, 2.45) is 10.7 Å². The molecule has 2 aromatic rings. The number of aromatic nitrogens is 3. The van der Waals surface area contributed by atoms with Gasteiger partial charge in [-0.2, -0.15) is 16.9 Å². The standard InChI is InChI=1S/C15H19FN6S/c16-13-3-1-2-12(8-13)10-22-11-19-14(20-22)9-18-15(17)21-4-6-23-7-5-21/h1-3,8,11H,4-7,9-10H2,(H2,17,18). The van der Waals surface area contributed by atoms with E-state index in [0.29, 0.717) is 24.9 Å². The fourth-order valence-corrected chi connectivity index (χ4v) is 3.25. The SMILES string of the molecule is NC(=NCc1ncn(Cc2cccc(F)c2)n1)N1CCSCC1. The summed E-state index contributed by atoms with van der Waals surface area (Å²) in [6.07, 6.45) is 1.63. The van der Waals surface area contributed by atoms with Crippen LogP contribution in [0, 0.1) is 5.82 Å². The number of benzene rings is 1. The first-order chi connectivity index (χ1) is 11.2. The van der Waals surface area contributed by atoms with Crippen LogP contribution >= 0.6 is 11.8 Å². The van der Waals surface area contributed by atoms with Gasteiger partial charge in [-0.1, -0.05) is 12.1 Å². The predicted molar refractivity (Wildman–Crippen MR) is 89.7 cm³/mol. The average molecular weight is 334 g/mol. The molecule has 0 atom stereocenters. The van der Waals surface area contributed by atoms with Gasteiger partial charge in [-0.3, -0.25) is 0 Å². The second-order valence-corrected chi connectivity index (χ2v) is 6.49. The molecule has 6 nitrogen and oxygen atoms in total. The Morgan fingerprint density at radius 2 is 2.17 bits per heavy atom. The molecule has 0 spiro atoms. The van der Waals surface area contributed by atoms with E-state index in [4.69, 9.17) is 5.73 Å². The summed E-state index contributed by atoms with van der Waals surface area (Å²) >= 11 is 1.93. The maximum Gasteiger partial charge on any atom is 0.191 e. The highest BCUT2D eigenvalue weighted by Gasteiger charge is 2.12. The lowest BCUT2D eigenvalue weighted by Crippen LogP contribution is -2.42. The summed E-state index contributed by atoms with van der Waals surface area (Å²) in [6, 6.07) is 6.46. The quantitative estimate of drug-likeness (QED) is 0.675. The van der Waals surface area contributed by atoms with Crippen LogP contribution in [0.25, 0.3) is 0 Å². The van der Waals surface area contributed by atoms with Crippen LogP contribution in [0.4, 0.5) is 4.39 Å². The van der Waals surface area contributed by atoms with Gasteiger partial charge in [0.15, 0.2) is 11.8 Å². The molecule has 0 bridgehead atoms. The van der Waals surface area contributed by atoms with E-state index in [-0.39, 0.29) is 5.82 Å². The van der Waals surface area contributed by atoms with Crippen molar-refractivity contribution in [2.45, 2.75) is 13.1 Å². The maximum absolute atomic E-state index is 13.2. The topological polar surface area (TPSA) is 72.3 Å². The number of thioether (sulfide) groups is 1. The van der Waals surface area contributed by atoms with E-state index in [1.165, 1.54) is 12.1 Å². The molecule has 1 aromatic carbocycles. The second-order valence-electron chi connectivity index (χ2n) is 5.26. The van der Waals surface area contributed by atoms with Gasteiger partial charge < -0.3 is 10.6 Å². The van der Waals surface area contributed by atoms with E-state index in [0.717, 1.165) is 30.2 Å². The van der Waals surface area contributed by atoms with Gasteiger partial charge in [0.1, 0.15) is 18.7 Å². The van der Waals surface area contributed by atoms with E-state index in [1.54, 1.807) is 17.1 Å². The Bertz CT molecular complexity index is 680. The van der Waals surface area contributed by atoms with Crippen molar-refractivity contribution in [3.8, 4) is 0 Å². The van der Waals surface area contributed by atoms with Gasteiger partial charge in [0.05, 0.1) is 6.54 Å². The van der Waals surface area contributed by atoms with Crippen molar-refractivity contribution in [3.05, 3.63) is 47.8 Å². The summed E-state index contributed by atoms with van der Waals surface area (Å²) in [6.45, 7) is 2.70. The molecule has 1 saturated heterocycles. The fourth-order valence-electron chi connectivity index (χ4n) is 2.35. The van der Waals surface area contributed by atoms with Crippen molar-refractivity contribution in [1.29, 1.82) is 0 Å². The zero-order chi connectivity index (χ0) is 16.1. The molecule has 0 aliphatic carbocycles. The van der Waals surface area contributed by atoms with E-state index in [2.05, 4.69) is 20.0 Å². The summed E-state index contributed by atoms with van der Waals surface area (Å²) in [4.78, 5) is 10.7. The molecule has 2 heterocycles. The lowest BCUT2D eigenvalue weighted by atomic mass is 10.2. The first-order valence-electron chi connectivity index (χ1n) is 7.46. The van der Waals surface area contributed by atoms with Gasteiger partial charge in [-0.05, 0) is 17.7 Å². The molecule has 1 aliphatic heterocycles. The Morgan fingerprint density at radius 3 is 2.96 bits per heavy atom.